The Morgan fingerprint density at radius 3 is 1.34 bits per heavy atom. The number of rotatable bonds is 28. The number of nitrogens with one attached hydrogen (secondary N) is 2. The summed E-state index contributed by atoms with van der Waals surface area (Å²) in [5, 5.41) is 5.19. The van der Waals surface area contributed by atoms with Gasteiger partial charge in [-0.1, -0.05) is 110 Å². The van der Waals surface area contributed by atoms with Crippen LogP contribution in [0.1, 0.15) is 0 Å². The van der Waals surface area contributed by atoms with Gasteiger partial charge in [0.05, 0.1) is 26.3 Å². The molecule has 0 aliphatic rings. The summed E-state index contributed by atoms with van der Waals surface area (Å²) in [4.78, 5) is 47.9. The van der Waals surface area contributed by atoms with Gasteiger partial charge in [-0.05, 0) is 23.3 Å². The number of thioether (sulfide) groups is 2. The van der Waals surface area contributed by atoms with Crippen molar-refractivity contribution in [3.8, 4) is 33.8 Å². The van der Waals surface area contributed by atoms with Gasteiger partial charge in [-0.3, -0.25) is 0 Å². The summed E-state index contributed by atoms with van der Waals surface area (Å²) >= 11 is 3.11. The maximum Gasteiger partial charge on any atom is 0.407 e. The van der Waals surface area contributed by atoms with E-state index in [0.29, 0.717) is 47.7 Å². The monoisotopic (exact) mass is 872 g/mol. The van der Waals surface area contributed by atoms with Crippen molar-refractivity contribution >= 4 is 47.6 Å². The molecule has 61 heavy (non-hydrogen) atoms. The SMILES string of the molecule is C=CC(=O)OCCNC(=O)OC(COc1ccccc1-c1ccccc1)CSCCOCCSCC(COc1ccccc1-c1ccccc1)OC(=O)NCCOC(=O)C=C. The highest BCUT2D eigenvalue weighted by Gasteiger charge is 2.19. The van der Waals surface area contributed by atoms with Crippen molar-refractivity contribution in [3.05, 3.63) is 135 Å². The topological polar surface area (TPSA) is 157 Å². The van der Waals surface area contributed by atoms with Crippen molar-refractivity contribution < 1.29 is 52.3 Å². The molecule has 0 aliphatic carbocycles. The molecule has 0 aliphatic heterocycles. The molecule has 2 N–H and O–H groups in total. The molecule has 0 radical (unpaired) electrons. The van der Waals surface area contributed by atoms with Gasteiger partial charge in [0.2, 0.25) is 0 Å². The summed E-state index contributed by atoms with van der Waals surface area (Å²) in [7, 11) is 0. The van der Waals surface area contributed by atoms with Crippen molar-refractivity contribution in [3.63, 3.8) is 0 Å². The Labute approximate surface area is 365 Å². The van der Waals surface area contributed by atoms with Crippen molar-refractivity contribution in [2.24, 2.45) is 0 Å². The fraction of sp³-hybridized carbons (Fsp3) is 0.304. The number of carbonyl (C=O) groups excluding carboxylic acids is 4. The first kappa shape index (κ1) is 47.8. The second-order valence-electron chi connectivity index (χ2n) is 12.8. The van der Waals surface area contributed by atoms with Crippen LogP contribution in [0.15, 0.2) is 135 Å². The van der Waals surface area contributed by atoms with Gasteiger partial charge in [0.1, 0.15) is 50.1 Å². The van der Waals surface area contributed by atoms with Crippen LogP contribution in [0.3, 0.4) is 0 Å². The number of carbonyl (C=O) groups is 4. The fourth-order valence-corrected chi connectivity index (χ4v) is 7.03. The Hall–Kier alpha value is -5.90. The van der Waals surface area contributed by atoms with Crippen LogP contribution in [0.4, 0.5) is 9.59 Å². The van der Waals surface area contributed by atoms with E-state index >= 15 is 0 Å². The molecule has 0 saturated carbocycles. The Morgan fingerprint density at radius 2 is 0.934 bits per heavy atom. The average Bonchev–Trinajstić information content (AvgIpc) is 3.29. The molecule has 4 aromatic carbocycles. The first-order valence-corrected chi connectivity index (χ1v) is 21.9. The van der Waals surface area contributed by atoms with Gasteiger partial charge >= 0.3 is 24.1 Å². The lowest BCUT2D eigenvalue weighted by Crippen LogP contribution is -2.35. The van der Waals surface area contributed by atoms with E-state index in [0.717, 1.165) is 34.4 Å². The van der Waals surface area contributed by atoms with Crippen LogP contribution in [-0.4, -0.2) is 112 Å². The summed E-state index contributed by atoms with van der Waals surface area (Å²) in [5.74, 6) is 2.30. The first-order chi connectivity index (χ1) is 29.9. The summed E-state index contributed by atoms with van der Waals surface area (Å²) in [6.07, 6.45) is -0.414. The van der Waals surface area contributed by atoms with Crippen LogP contribution >= 0.6 is 23.5 Å². The molecule has 13 nitrogen and oxygen atoms in total. The van der Waals surface area contributed by atoms with Crippen molar-refractivity contribution in [2.75, 3.05) is 75.7 Å². The molecular formula is C46H52N2O11S2. The summed E-state index contributed by atoms with van der Waals surface area (Å²) in [5.41, 5.74) is 3.83. The standard InChI is InChI=1S/C46H52N2O11S2/c1-3-43(49)54-25-23-47-45(51)58-37(31-56-41-21-13-11-19-39(41)35-15-7-5-8-16-35)33-60-29-27-53-28-30-61-34-38(59-46(52)48-24-26-55-44(50)4-2)32-57-42-22-14-12-20-40(42)36-17-9-6-10-18-36/h3-22,37-38H,1-2,23-34H2,(H,47,51)(H,48,52). The molecule has 2 amide bonds. The van der Waals surface area contributed by atoms with E-state index in [9.17, 15) is 19.2 Å². The molecular weight excluding hydrogens is 821 g/mol. The minimum atomic E-state index is -0.659. The molecule has 2 atom stereocenters. The van der Waals surface area contributed by atoms with Gasteiger partial charge in [0.25, 0.3) is 0 Å². The molecule has 0 saturated heterocycles. The zero-order valence-corrected chi connectivity index (χ0v) is 35.5. The van der Waals surface area contributed by atoms with E-state index in [2.05, 4.69) is 23.8 Å². The molecule has 0 aromatic heterocycles. The number of benzene rings is 4. The van der Waals surface area contributed by atoms with Crippen LogP contribution in [0.25, 0.3) is 22.3 Å². The van der Waals surface area contributed by atoms with Gasteiger partial charge in [0.15, 0.2) is 0 Å². The Morgan fingerprint density at radius 1 is 0.541 bits per heavy atom. The molecule has 0 heterocycles. The van der Waals surface area contributed by atoms with Crippen LogP contribution in [-0.2, 0) is 33.3 Å². The van der Waals surface area contributed by atoms with E-state index < -0.39 is 36.3 Å². The summed E-state index contributed by atoms with van der Waals surface area (Å²) in [6, 6.07) is 35.1. The molecule has 0 fully saturated rings. The summed E-state index contributed by atoms with van der Waals surface area (Å²) in [6.45, 7) is 7.94. The molecule has 324 valence electrons. The molecule has 4 aromatic rings. The highest BCUT2D eigenvalue weighted by atomic mass is 32.2. The molecule has 0 spiro atoms. The molecule has 2 unspecified atom stereocenters. The zero-order chi connectivity index (χ0) is 43.3. The molecule has 15 heteroatoms. The first-order valence-electron chi connectivity index (χ1n) is 19.6. The fourth-order valence-electron chi connectivity index (χ4n) is 5.38. The van der Waals surface area contributed by atoms with Crippen molar-refractivity contribution in [1.29, 1.82) is 0 Å². The van der Waals surface area contributed by atoms with E-state index in [-0.39, 0.29) is 39.5 Å². The van der Waals surface area contributed by atoms with Crippen molar-refractivity contribution in [2.45, 2.75) is 12.2 Å². The van der Waals surface area contributed by atoms with Crippen molar-refractivity contribution in [1.82, 2.24) is 10.6 Å². The lowest BCUT2D eigenvalue weighted by molar-refractivity contribution is -0.138. The second kappa shape index (κ2) is 28.5. The predicted molar refractivity (Wildman–Crippen MR) is 239 cm³/mol. The number of hydrogen-bond donors (Lipinski definition) is 2. The second-order valence-corrected chi connectivity index (χ2v) is 15.1. The predicted octanol–water partition coefficient (Wildman–Crippen LogP) is 7.61. The lowest BCUT2D eigenvalue weighted by Gasteiger charge is -2.20. The summed E-state index contributed by atoms with van der Waals surface area (Å²) < 4.78 is 39.5. The lowest BCUT2D eigenvalue weighted by atomic mass is 10.1. The minimum Gasteiger partial charge on any atom is -0.489 e. The normalized spacial score (nSPS) is 11.5. The van der Waals surface area contributed by atoms with E-state index in [1.807, 2.05) is 109 Å². The number of hydrogen-bond acceptors (Lipinski definition) is 13. The smallest absolute Gasteiger partial charge is 0.407 e. The number of amides is 2. The van der Waals surface area contributed by atoms with Gasteiger partial charge in [-0.25, -0.2) is 19.2 Å². The quantitative estimate of drug-likeness (QED) is 0.0249. The zero-order valence-electron chi connectivity index (χ0n) is 33.9. The van der Waals surface area contributed by atoms with Gasteiger partial charge < -0.3 is 43.8 Å². The highest BCUT2D eigenvalue weighted by Crippen LogP contribution is 2.31. The number of para-hydroxylation sites is 2. The van der Waals surface area contributed by atoms with E-state index in [4.69, 9.17) is 33.2 Å². The molecule has 0 bridgehead atoms. The maximum atomic E-state index is 12.6. The van der Waals surface area contributed by atoms with Gasteiger partial charge in [0, 0.05) is 46.3 Å². The van der Waals surface area contributed by atoms with Crippen LogP contribution in [0.5, 0.6) is 11.5 Å². The largest absolute Gasteiger partial charge is 0.489 e. The molecule has 4 rings (SSSR count). The highest BCUT2D eigenvalue weighted by molar-refractivity contribution is 7.99. The van der Waals surface area contributed by atoms with Crippen LogP contribution < -0.4 is 20.1 Å². The van der Waals surface area contributed by atoms with Crippen LogP contribution in [0, 0.1) is 0 Å². The maximum absolute atomic E-state index is 12.6. The van der Waals surface area contributed by atoms with Crippen LogP contribution in [0.2, 0.25) is 0 Å². The van der Waals surface area contributed by atoms with Gasteiger partial charge in [-0.15, -0.1) is 0 Å². The third-order valence-electron chi connectivity index (χ3n) is 8.26. The Bertz CT molecular complexity index is 1810. The van der Waals surface area contributed by atoms with E-state index in [1.165, 1.54) is 0 Å². The Balaban J connectivity index is 1.23. The van der Waals surface area contributed by atoms with E-state index in [1.54, 1.807) is 23.5 Å². The van der Waals surface area contributed by atoms with Gasteiger partial charge in [-0.2, -0.15) is 23.5 Å². The number of esters is 2. The number of alkyl carbamates (subject to hydrolysis) is 2. The third kappa shape index (κ3) is 18.9. The average molecular weight is 873 g/mol. The third-order valence-corrected chi connectivity index (χ3v) is 10.4. The Kier molecular flexibility index (Phi) is 22.4. The minimum absolute atomic E-state index is 0.0212. The number of ether oxygens (including phenoxy) is 7.